The summed E-state index contributed by atoms with van der Waals surface area (Å²) in [4.78, 5) is 5.07. The largest absolute Gasteiger partial charge is 0.384 e. The summed E-state index contributed by atoms with van der Waals surface area (Å²) in [6.07, 6.45) is 2.98. The normalized spacial score (nSPS) is 11.7. The Morgan fingerprint density at radius 2 is 1.73 bits per heavy atom. The molecule has 0 saturated heterocycles. The Morgan fingerprint density at radius 1 is 1.04 bits per heavy atom. The first kappa shape index (κ1) is 18.4. The van der Waals surface area contributed by atoms with Crippen LogP contribution in [0.3, 0.4) is 0 Å². The van der Waals surface area contributed by atoms with E-state index in [-0.39, 0.29) is 0 Å². The fourth-order valence-corrected chi connectivity index (χ4v) is 3.87. The smallest absolute Gasteiger partial charge is 0.175 e. The highest BCUT2D eigenvalue weighted by atomic mass is 32.2. The molecule has 0 aliphatic rings. The third-order valence-electron chi connectivity index (χ3n) is 4.62. The number of aromatic nitrogens is 1. The van der Waals surface area contributed by atoms with E-state index in [0.29, 0.717) is 4.90 Å². The number of hydrogen-bond acceptors (Lipinski definition) is 4. The Bertz CT molecular complexity index is 1030. The molecule has 3 aromatic rings. The lowest BCUT2D eigenvalue weighted by Gasteiger charge is -2.16. The van der Waals surface area contributed by atoms with Crippen LogP contribution in [0.4, 0.5) is 5.69 Å². The molecule has 136 valence electrons. The van der Waals surface area contributed by atoms with Crippen LogP contribution in [0, 0.1) is 6.92 Å². The van der Waals surface area contributed by atoms with E-state index in [4.69, 9.17) is 4.98 Å². The molecule has 1 aromatic heterocycles. The van der Waals surface area contributed by atoms with Gasteiger partial charge in [-0.2, -0.15) is 0 Å². The molecule has 0 unspecified atom stereocenters. The lowest BCUT2D eigenvalue weighted by molar-refractivity contribution is 0.602. The molecule has 0 radical (unpaired) electrons. The zero-order chi connectivity index (χ0) is 18.7. The number of rotatable bonds is 6. The van der Waals surface area contributed by atoms with Crippen LogP contribution < -0.4 is 5.32 Å². The minimum atomic E-state index is -3.14. The van der Waals surface area contributed by atoms with E-state index in [1.807, 2.05) is 30.3 Å². The predicted molar refractivity (Wildman–Crippen MR) is 108 cm³/mol. The predicted octanol–water partition coefficient (Wildman–Crippen LogP) is 4.16. The molecule has 1 heterocycles. The zero-order valence-electron chi connectivity index (χ0n) is 15.4. The summed E-state index contributed by atoms with van der Waals surface area (Å²) in [7, 11) is -3.14. The molecule has 0 bridgehead atoms. The molecule has 5 heteroatoms. The highest BCUT2D eigenvalue weighted by Crippen LogP contribution is 2.28. The first-order valence-corrected chi connectivity index (χ1v) is 10.7. The van der Waals surface area contributed by atoms with Crippen molar-refractivity contribution in [3.8, 4) is 0 Å². The lowest BCUT2D eigenvalue weighted by Crippen LogP contribution is -2.09. The highest BCUT2D eigenvalue weighted by Gasteiger charge is 2.11. The third kappa shape index (κ3) is 3.88. The van der Waals surface area contributed by atoms with Crippen LogP contribution in [0.15, 0.2) is 53.4 Å². The fraction of sp³-hybridized carbons (Fsp3) is 0.286. The Labute approximate surface area is 155 Å². The second kappa shape index (κ2) is 7.46. The van der Waals surface area contributed by atoms with Crippen molar-refractivity contribution < 1.29 is 8.42 Å². The van der Waals surface area contributed by atoms with Crippen molar-refractivity contribution in [1.29, 1.82) is 0 Å². The highest BCUT2D eigenvalue weighted by molar-refractivity contribution is 7.90. The van der Waals surface area contributed by atoms with Crippen molar-refractivity contribution in [3.05, 3.63) is 65.4 Å². The van der Waals surface area contributed by atoms with Gasteiger partial charge in [0.25, 0.3) is 0 Å². The first-order chi connectivity index (χ1) is 12.4. The molecule has 0 aliphatic heterocycles. The third-order valence-corrected chi connectivity index (χ3v) is 5.75. The number of sulfone groups is 1. The minimum Gasteiger partial charge on any atom is -0.384 e. The number of aryl methyl sites for hydroxylation is 1. The molecule has 0 fully saturated rings. The molecular weight excluding hydrogens is 344 g/mol. The van der Waals surface area contributed by atoms with E-state index in [9.17, 15) is 8.42 Å². The van der Waals surface area contributed by atoms with E-state index in [2.05, 4.69) is 25.2 Å². The number of fused-ring (bicyclic) bond motifs is 1. The number of pyridine rings is 1. The molecule has 0 atom stereocenters. The van der Waals surface area contributed by atoms with Gasteiger partial charge in [0.05, 0.1) is 10.4 Å². The molecule has 1 N–H and O–H groups in total. The Morgan fingerprint density at radius 3 is 2.38 bits per heavy atom. The molecule has 26 heavy (non-hydrogen) atoms. The quantitative estimate of drug-likeness (QED) is 0.710. The van der Waals surface area contributed by atoms with E-state index in [1.165, 1.54) is 11.8 Å². The van der Waals surface area contributed by atoms with Crippen molar-refractivity contribution in [1.82, 2.24) is 4.98 Å². The van der Waals surface area contributed by atoms with Gasteiger partial charge in [0, 0.05) is 29.6 Å². The molecule has 4 nitrogen and oxygen atoms in total. The molecule has 0 saturated carbocycles. The van der Waals surface area contributed by atoms with Crippen molar-refractivity contribution in [3.63, 3.8) is 0 Å². The molecular formula is C21H24N2O2S. The second-order valence-corrected chi connectivity index (χ2v) is 8.53. The number of anilines is 1. The summed E-state index contributed by atoms with van der Waals surface area (Å²) < 4.78 is 23.1. The van der Waals surface area contributed by atoms with Gasteiger partial charge in [-0.3, -0.25) is 4.98 Å². The van der Waals surface area contributed by atoms with Crippen LogP contribution in [0.5, 0.6) is 0 Å². The summed E-state index contributed by atoms with van der Waals surface area (Å²) >= 11 is 0. The fourth-order valence-electron chi connectivity index (χ4n) is 3.24. The molecule has 2 aromatic carbocycles. The maximum Gasteiger partial charge on any atom is 0.175 e. The van der Waals surface area contributed by atoms with Crippen LogP contribution in [0.2, 0.25) is 0 Å². The van der Waals surface area contributed by atoms with Crippen LogP contribution >= 0.6 is 0 Å². The Hall–Kier alpha value is -2.40. The molecule has 3 rings (SSSR count). The summed E-state index contributed by atoms with van der Waals surface area (Å²) in [5.41, 5.74) is 5.57. The van der Waals surface area contributed by atoms with Crippen molar-refractivity contribution >= 4 is 26.4 Å². The van der Waals surface area contributed by atoms with Gasteiger partial charge in [0.15, 0.2) is 9.84 Å². The van der Waals surface area contributed by atoms with Crippen molar-refractivity contribution in [2.45, 2.75) is 31.6 Å². The van der Waals surface area contributed by atoms with Crippen LogP contribution in [0.25, 0.3) is 10.9 Å². The van der Waals surface area contributed by atoms with Gasteiger partial charge in [-0.15, -0.1) is 0 Å². The maximum atomic E-state index is 11.6. The number of nitrogens with zero attached hydrogens (tertiary/aromatic N) is 1. The zero-order valence-corrected chi connectivity index (χ0v) is 16.2. The van der Waals surface area contributed by atoms with Crippen LogP contribution in [-0.4, -0.2) is 26.2 Å². The first-order valence-electron chi connectivity index (χ1n) is 8.81. The van der Waals surface area contributed by atoms with Gasteiger partial charge < -0.3 is 5.32 Å². The average molecular weight is 369 g/mol. The average Bonchev–Trinajstić information content (AvgIpc) is 2.61. The maximum absolute atomic E-state index is 11.6. The van der Waals surface area contributed by atoms with Gasteiger partial charge >= 0.3 is 0 Å². The Kier molecular flexibility index (Phi) is 5.28. The number of nitrogens with one attached hydrogen (secondary N) is 1. The monoisotopic (exact) mass is 368 g/mol. The number of para-hydroxylation sites is 1. The van der Waals surface area contributed by atoms with Crippen LogP contribution in [0.1, 0.15) is 23.7 Å². The van der Waals surface area contributed by atoms with Crippen molar-refractivity contribution in [2.24, 2.45) is 0 Å². The van der Waals surface area contributed by atoms with Gasteiger partial charge in [0.2, 0.25) is 0 Å². The number of benzene rings is 2. The summed E-state index contributed by atoms with van der Waals surface area (Å²) in [5, 5.41) is 4.72. The summed E-state index contributed by atoms with van der Waals surface area (Å²) in [6.45, 7) is 4.98. The van der Waals surface area contributed by atoms with E-state index < -0.39 is 9.84 Å². The van der Waals surface area contributed by atoms with Gasteiger partial charge in [-0.1, -0.05) is 37.3 Å². The lowest BCUT2D eigenvalue weighted by atomic mass is 10.0. The Balaban J connectivity index is 1.80. The van der Waals surface area contributed by atoms with E-state index >= 15 is 0 Å². The molecule has 0 spiro atoms. The van der Waals surface area contributed by atoms with Gasteiger partial charge in [0.1, 0.15) is 0 Å². The van der Waals surface area contributed by atoms with E-state index in [0.717, 1.165) is 47.2 Å². The summed E-state index contributed by atoms with van der Waals surface area (Å²) in [6, 6.07) is 15.3. The van der Waals surface area contributed by atoms with E-state index in [1.54, 1.807) is 12.1 Å². The topological polar surface area (TPSA) is 59.1 Å². The van der Waals surface area contributed by atoms with Crippen LogP contribution in [-0.2, 0) is 22.7 Å². The summed E-state index contributed by atoms with van der Waals surface area (Å²) in [5.74, 6) is 0. The number of hydrogen-bond donors (Lipinski definition) is 1. The minimum absolute atomic E-state index is 0.359. The van der Waals surface area contributed by atoms with Crippen molar-refractivity contribution in [2.75, 3.05) is 18.1 Å². The molecule has 0 amide bonds. The molecule has 0 aliphatic carbocycles. The second-order valence-electron chi connectivity index (χ2n) is 6.51. The van der Waals surface area contributed by atoms with Gasteiger partial charge in [-0.05, 0) is 49.1 Å². The van der Waals surface area contributed by atoms with Gasteiger partial charge in [-0.25, -0.2) is 8.42 Å². The SMILES string of the molecule is CCc1c(C)nc2ccccc2c1NCCc1ccc(S(C)(=O)=O)cc1. The standard InChI is InChI=1S/C21H24N2O2S/c1-4-18-15(2)23-20-8-6-5-7-19(20)21(18)22-14-13-16-9-11-17(12-10-16)26(3,24)25/h5-12H,4,13-14H2,1-3H3,(H,22,23).